The molecule has 0 bridgehead atoms. The number of alkyl halides is 3. The van der Waals surface area contributed by atoms with E-state index in [0.717, 1.165) is 13.0 Å². The van der Waals surface area contributed by atoms with Crippen LogP contribution in [0.1, 0.15) is 6.42 Å². The highest BCUT2D eigenvalue weighted by atomic mass is 19.4. The number of amides is 1. The molecule has 0 aromatic carbocycles. The maximum absolute atomic E-state index is 11.7. The first-order chi connectivity index (χ1) is 7.40. The van der Waals surface area contributed by atoms with Gasteiger partial charge in [0.05, 0.1) is 0 Å². The Balaban J connectivity index is 2.23. The summed E-state index contributed by atoms with van der Waals surface area (Å²) in [5.74, 6) is -0.419. The van der Waals surface area contributed by atoms with Gasteiger partial charge in [0.2, 0.25) is 5.91 Å². The first kappa shape index (κ1) is 13.2. The quantitative estimate of drug-likeness (QED) is 0.772. The molecular weight excluding hydrogens is 225 g/mol. The molecule has 0 saturated carbocycles. The van der Waals surface area contributed by atoms with Crippen LogP contribution < -0.4 is 5.32 Å². The Kier molecular flexibility index (Phi) is 4.55. The van der Waals surface area contributed by atoms with Crippen LogP contribution in [0.3, 0.4) is 0 Å². The van der Waals surface area contributed by atoms with E-state index >= 15 is 0 Å². The van der Waals surface area contributed by atoms with Gasteiger partial charge in [-0.3, -0.25) is 4.79 Å². The average molecular weight is 240 g/mol. The summed E-state index contributed by atoms with van der Waals surface area (Å²) in [6.07, 6.45) is -3.56. The third-order valence-electron chi connectivity index (χ3n) is 2.47. The van der Waals surface area contributed by atoms with Gasteiger partial charge in [-0.15, -0.1) is 0 Å². The second kappa shape index (κ2) is 5.49. The van der Waals surface area contributed by atoms with Crippen LogP contribution in [0.25, 0.3) is 0 Å². The van der Waals surface area contributed by atoms with Crippen LogP contribution in [0.2, 0.25) is 0 Å². The fraction of sp³-hybridized carbons (Fsp3) is 0.889. The van der Waals surface area contributed by atoms with Crippen LogP contribution in [-0.2, 0) is 9.53 Å². The number of carbonyl (C=O) groups excluding carboxylic acids is 1. The molecule has 1 N–H and O–H groups in total. The molecule has 94 valence electrons. The molecule has 1 saturated heterocycles. The molecular formula is C9H15F3N2O2. The van der Waals surface area contributed by atoms with Gasteiger partial charge in [-0.2, -0.15) is 13.2 Å². The zero-order valence-electron chi connectivity index (χ0n) is 9.01. The van der Waals surface area contributed by atoms with E-state index in [-0.39, 0.29) is 6.04 Å². The minimum atomic E-state index is -4.38. The third-order valence-corrected chi connectivity index (χ3v) is 2.47. The van der Waals surface area contributed by atoms with Crippen LogP contribution >= 0.6 is 0 Å². The van der Waals surface area contributed by atoms with Crippen molar-refractivity contribution in [3.63, 3.8) is 0 Å². The lowest BCUT2D eigenvalue weighted by atomic mass is 10.2. The molecule has 16 heavy (non-hydrogen) atoms. The molecule has 1 unspecified atom stereocenters. The average Bonchev–Trinajstić information content (AvgIpc) is 2.67. The molecule has 1 aliphatic heterocycles. The van der Waals surface area contributed by atoms with Gasteiger partial charge in [0.15, 0.2) is 0 Å². The van der Waals surface area contributed by atoms with Gasteiger partial charge in [-0.25, -0.2) is 0 Å². The van der Waals surface area contributed by atoms with Crippen LogP contribution in [-0.4, -0.2) is 56.4 Å². The Morgan fingerprint density at radius 1 is 1.56 bits per heavy atom. The number of ether oxygens (including phenoxy) is 1. The van der Waals surface area contributed by atoms with Crippen LogP contribution in [0.5, 0.6) is 0 Å². The minimum Gasteiger partial charge on any atom is -0.362 e. The summed E-state index contributed by atoms with van der Waals surface area (Å²) in [7, 11) is 1.58. The van der Waals surface area contributed by atoms with Crippen molar-refractivity contribution in [2.75, 3.05) is 33.4 Å². The lowest BCUT2D eigenvalue weighted by molar-refractivity contribution is -0.177. The zero-order chi connectivity index (χ0) is 12.2. The predicted octanol–water partition coefficient (Wildman–Crippen LogP) is 0.386. The molecule has 1 atom stereocenters. The van der Waals surface area contributed by atoms with E-state index in [1.165, 1.54) is 4.90 Å². The van der Waals surface area contributed by atoms with E-state index in [1.54, 1.807) is 7.05 Å². The Labute approximate surface area is 91.7 Å². The molecule has 1 aliphatic rings. The summed E-state index contributed by atoms with van der Waals surface area (Å²) in [5, 5.41) is 3.07. The van der Waals surface area contributed by atoms with Crippen molar-refractivity contribution < 1.29 is 22.7 Å². The van der Waals surface area contributed by atoms with Crippen molar-refractivity contribution >= 4 is 5.91 Å². The summed E-state index contributed by atoms with van der Waals surface area (Å²) in [6, 6.07) is 0.0574. The van der Waals surface area contributed by atoms with Crippen molar-refractivity contribution in [1.29, 1.82) is 0 Å². The summed E-state index contributed by atoms with van der Waals surface area (Å²) < 4.78 is 39.5. The van der Waals surface area contributed by atoms with Gasteiger partial charge in [-0.1, -0.05) is 0 Å². The molecule has 1 rings (SSSR count). The second-order valence-corrected chi connectivity index (χ2v) is 3.76. The highest BCUT2D eigenvalue weighted by Crippen LogP contribution is 2.14. The summed E-state index contributed by atoms with van der Waals surface area (Å²) in [4.78, 5) is 12.9. The Bertz CT molecular complexity index is 239. The SMILES string of the molecule is CN(C(=O)COCC(F)(F)F)C1CCNC1. The summed E-state index contributed by atoms with van der Waals surface area (Å²) in [5.41, 5.74) is 0. The number of nitrogens with one attached hydrogen (secondary N) is 1. The second-order valence-electron chi connectivity index (χ2n) is 3.76. The smallest absolute Gasteiger partial charge is 0.362 e. The third kappa shape index (κ3) is 4.36. The molecule has 1 fully saturated rings. The first-order valence-corrected chi connectivity index (χ1v) is 5.01. The zero-order valence-corrected chi connectivity index (χ0v) is 9.01. The number of hydrogen-bond donors (Lipinski definition) is 1. The minimum absolute atomic E-state index is 0.0574. The number of rotatable bonds is 4. The number of likely N-dealkylation sites (N-methyl/N-ethyl adjacent to an activating group) is 1. The van der Waals surface area contributed by atoms with E-state index in [0.29, 0.717) is 6.54 Å². The Morgan fingerprint density at radius 2 is 2.25 bits per heavy atom. The Hall–Kier alpha value is -0.820. The standard InChI is InChI=1S/C9H15F3N2O2/c1-14(7-2-3-13-4-7)8(15)5-16-6-9(10,11)12/h7,13H,2-6H2,1H3. The lowest BCUT2D eigenvalue weighted by Gasteiger charge is -2.23. The summed E-state index contributed by atoms with van der Waals surface area (Å²) in [6.45, 7) is -0.394. The van der Waals surface area contributed by atoms with Crippen molar-refractivity contribution in [2.45, 2.75) is 18.6 Å². The number of halogens is 3. The van der Waals surface area contributed by atoms with Crippen LogP contribution in [0.15, 0.2) is 0 Å². The number of nitrogens with zero attached hydrogens (tertiary/aromatic N) is 1. The topological polar surface area (TPSA) is 41.6 Å². The fourth-order valence-electron chi connectivity index (χ4n) is 1.53. The molecule has 1 amide bonds. The van der Waals surface area contributed by atoms with E-state index < -0.39 is 25.3 Å². The lowest BCUT2D eigenvalue weighted by Crippen LogP contribution is -2.40. The maximum Gasteiger partial charge on any atom is 0.411 e. The molecule has 0 aromatic rings. The molecule has 1 heterocycles. The predicted molar refractivity (Wildman–Crippen MR) is 50.9 cm³/mol. The van der Waals surface area contributed by atoms with Crippen LogP contribution in [0, 0.1) is 0 Å². The fourth-order valence-corrected chi connectivity index (χ4v) is 1.53. The molecule has 0 aromatic heterocycles. The highest BCUT2D eigenvalue weighted by molar-refractivity contribution is 5.77. The van der Waals surface area contributed by atoms with Crippen molar-refractivity contribution in [3.05, 3.63) is 0 Å². The van der Waals surface area contributed by atoms with Gasteiger partial charge < -0.3 is 15.0 Å². The van der Waals surface area contributed by atoms with Gasteiger partial charge in [0.1, 0.15) is 13.2 Å². The molecule has 0 spiro atoms. The summed E-state index contributed by atoms with van der Waals surface area (Å²) >= 11 is 0. The molecule has 7 heteroatoms. The number of hydrogen-bond acceptors (Lipinski definition) is 3. The largest absolute Gasteiger partial charge is 0.411 e. The first-order valence-electron chi connectivity index (χ1n) is 5.01. The van der Waals surface area contributed by atoms with E-state index in [1.807, 2.05) is 0 Å². The van der Waals surface area contributed by atoms with Gasteiger partial charge in [-0.05, 0) is 13.0 Å². The van der Waals surface area contributed by atoms with Crippen molar-refractivity contribution in [3.8, 4) is 0 Å². The molecule has 0 aliphatic carbocycles. The van der Waals surface area contributed by atoms with Crippen molar-refractivity contribution in [1.82, 2.24) is 10.2 Å². The van der Waals surface area contributed by atoms with Gasteiger partial charge >= 0.3 is 6.18 Å². The monoisotopic (exact) mass is 240 g/mol. The van der Waals surface area contributed by atoms with Gasteiger partial charge in [0.25, 0.3) is 0 Å². The van der Waals surface area contributed by atoms with E-state index in [2.05, 4.69) is 10.1 Å². The van der Waals surface area contributed by atoms with E-state index in [4.69, 9.17) is 0 Å². The maximum atomic E-state index is 11.7. The van der Waals surface area contributed by atoms with Gasteiger partial charge in [0, 0.05) is 19.6 Å². The molecule has 4 nitrogen and oxygen atoms in total. The molecule has 0 radical (unpaired) electrons. The highest BCUT2D eigenvalue weighted by Gasteiger charge is 2.29. The van der Waals surface area contributed by atoms with E-state index in [9.17, 15) is 18.0 Å². The van der Waals surface area contributed by atoms with Crippen molar-refractivity contribution in [2.24, 2.45) is 0 Å². The Morgan fingerprint density at radius 3 is 2.75 bits per heavy atom. The normalized spacial score (nSPS) is 21.1. The number of carbonyl (C=O) groups is 1. The van der Waals surface area contributed by atoms with Crippen LogP contribution in [0.4, 0.5) is 13.2 Å².